The first kappa shape index (κ1) is 33.3. The SMILES string of the molecule is CCCCCCCCCCCCCCCC(=O)C(C=O)CCCCCCCCCCCCCC. The third-order valence-corrected chi connectivity index (χ3v) is 7.47. The van der Waals surface area contributed by atoms with Crippen LogP contribution >= 0.6 is 0 Å². The van der Waals surface area contributed by atoms with Gasteiger partial charge in [-0.15, -0.1) is 0 Å². The first-order chi connectivity index (χ1) is 16.8. The normalized spacial score (nSPS) is 12.2. The average Bonchev–Trinajstić information content (AvgIpc) is 2.85. The molecule has 0 amide bonds. The van der Waals surface area contributed by atoms with Crippen molar-refractivity contribution in [2.45, 2.75) is 187 Å². The van der Waals surface area contributed by atoms with E-state index in [9.17, 15) is 9.59 Å². The second-order valence-electron chi connectivity index (χ2n) is 10.9. The van der Waals surface area contributed by atoms with Crippen molar-refractivity contribution in [3.8, 4) is 0 Å². The molecule has 202 valence electrons. The Morgan fingerprint density at radius 2 is 0.765 bits per heavy atom. The zero-order chi connectivity index (χ0) is 25.0. The summed E-state index contributed by atoms with van der Waals surface area (Å²) in [6.45, 7) is 4.55. The highest BCUT2D eigenvalue weighted by molar-refractivity contribution is 5.93. The quantitative estimate of drug-likeness (QED) is 0.0608. The fourth-order valence-corrected chi connectivity index (χ4v) is 5.01. The van der Waals surface area contributed by atoms with Gasteiger partial charge in [0.05, 0.1) is 5.92 Å². The number of rotatable bonds is 29. The summed E-state index contributed by atoms with van der Waals surface area (Å²) in [5.41, 5.74) is 0. The maximum absolute atomic E-state index is 12.4. The minimum atomic E-state index is -0.333. The molecule has 0 N–H and O–H groups in total. The molecule has 2 heteroatoms. The van der Waals surface area contributed by atoms with Crippen molar-refractivity contribution in [3.63, 3.8) is 0 Å². The van der Waals surface area contributed by atoms with Crippen LogP contribution in [0.2, 0.25) is 0 Å². The number of unbranched alkanes of at least 4 members (excludes halogenated alkanes) is 23. The molecule has 1 atom stereocenters. The Kier molecular flexibility index (Phi) is 28.0. The van der Waals surface area contributed by atoms with Gasteiger partial charge in [-0.2, -0.15) is 0 Å². The number of hydrogen-bond acceptors (Lipinski definition) is 2. The molecule has 0 heterocycles. The van der Waals surface area contributed by atoms with Crippen molar-refractivity contribution in [1.29, 1.82) is 0 Å². The third-order valence-electron chi connectivity index (χ3n) is 7.47. The molecule has 0 aliphatic rings. The van der Waals surface area contributed by atoms with E-state index in [-0.39, 0.29) is 11.7 Å². The van der Waals surface area contributed by atoms with Crippen LogP contribution in [0, 0.1) is 5.92 Å². The highest BCUT2D eigenvalue weighted by Crippen LogP contribution is 2.17. The van der Waals surface area contributed by atoms with E-state index in [4.69, 9.17) is 0 Å². The van der Waals surface area contributed by atoms with Crippen LogP contribution in [0.3, 0.4) is 0 Å². The van der Waals surface area contributed by atoms with Crippen LogP contribution in [0.15, 0.2) is 0 Å². The van der Waals surface area contributed by atoms with Crippen molar-refractivity contribution >= 4 is 12.1 Å². The maximum Gasteiger partial charge on any atom is 0.143 e. The molecule has 0 aliphatic heterocycles. The molecule has 0 aliphatic carbocycles. The molecule has 0 spiro atoms. The Bertz CT molecular complexity index is 417. The lowest BCUT2D eigenvalue weighted by atomic mass is 9.94. The van der Waals surface area contributed by atoms with Crippen molar-refractivity contribution in [1.82, 2.24) is 0 Å². The Morgan fingerprint density at radius 1 is 0.471 bits per heavy atom. The van der Waals surface area contributed by atoms with E-state index in [1.807, 2.05) is 0 Å². The first-order valence-electron chi connectivity index (χ1n) is 15.7. The van der Waals surface area contributed by atoms with E-state index in [0.29, 0.717) is 6.42 Å². The van der Waals surface area contributed by atoms with Gasteiger partial charge in [0.15, 0.2) is 0 Å². The molecule has 34 heavy (non-hydrogen) atoms. The lowest BCUT2D eigenvalue weighted by Crippen LogP contribution is -2.15. The second-order valence-corrected chi connectivity index (χ2v) is 10.9. The summed E-state index contributed by atoms with van der Waals surface area (Å²) >= 11 is 0. The van der Waals surface area contributed by atoms with Gasteiger partial charge in [0.1, 0.15) is 12.1 Å². The highest BCUT2D eigenvalue weighted by atomic mass is 16.1. The number of carbonyl (C=O) groups is 2. The van der Waals surface area contributed by atoms with Gasteiger partial charge in [-0.25, -0.2) is 0 Å². The molecule has 1 unspecified atom stereocenters. The number of ketones is 1. The van der Waals surface area contributed by atoms with Crippen molar-refractivity contribution in [3.05, 3.63) is 0 Å². The lowest BCUT2D eigenvalue weighted by molar-refractivity contribution is -0.127. The molecule has 0 aromatic carbocycles. The van der Waals surface area contributed by atoms with Gasteiger partial charge in [0, 0.05) is 6.42 Å². The zero-order valence-corrected chi connectivity index (χ0v) is 23.6. The predicted molar refractivity (Wildman–Crippen MR) is 151 cm³/mol. The molecule has 0 rings (SSSR count). The van der Waals surface area contributed by atoms with Crippen LogP contribution < -0.4 is 0 Å². The molecule has 0 saturated heterocycles. The predicted octanol–water partition coefficient (Wildman–Crippen LogP) is 10.9. The van der Waals surface area contributed by atoms with Gasteiger partial charge < -0.3 is 4.79 Å². The van der Waals surface area contributed by atoms with Gasteiger partial charge in [0.2, 0.25) is 0 Å². The van der Waals surface area contributed by atoms with E-state index in [1.54, 1.807) is 0 Å². The molecular formula is C32H62O2. The number of aldehydes is 1. The van der Waals surface area contributed by atoms with Crippen LogP contribution in [0.5, 0.6) is 0 Å². The number of hydrogen-bond donors (Lipinski definition) is 0. The van der Waals surface area contributed by atoms with Crippen molar-refractivity contribution in [2.24, 2.45) is 5.92 Å². The van der Waals surface area contributed by atoms with Crippen LogP contribution in [0.1, 0.15) is 187 Å². The number of carbonyl (C=O) groups excluding carboxylic acids is 2. The zero-order valence-electron chi connectivity index (χ0n) is 23.6. The van der Waals surface area contributed by atoms with Crippen LogP contribution in [-0.4, -0.2) is 12.1 Å². The second kappa shape index (κ2) is 28.6. The minimum Gasteiger partial charge on any atom is -0.303 e. The minimum absolute atomic E-state index is 0.196. The van der Waals surface area contributed by atoms with Gasteiger partial charge in [-0.3, -0.25) is 4.79 Å². The summed E-state index contributed by atoms with van der Waals surface area (Å²) < 4.78 is 0. The summed E-state index contributed by atoms with van der Waals surface area (Å²) in [6.07, 6.45) is 35.3. The fourth-order valence-electron chi connectivity index (χ4n) is 5.01. The van der Waals surface area contributed by atoms with Crippen LogP contribution in [-0.2, 0) is 9.59 Å². The molecule has 2 nitrogen and oxygen atoms in total. The molecule has 0 radical (unpaired) electrons. The maximum atomic E-state index is 12.4. The Balaban J connectivity index is 3.43. The Morgan fingerprint density at radius 3 is 1.09 bits per heavy atom. The van der Waals surface area contributed by atoms with E-state index < -0.39 is 0 Å². The average molecular weight is 479 g/mol. The van der Waals surface area contributed by atoms with E-state index in [0.717, 1.165) is 32.0 Å². The lowest BCUT2D eigenvalue weighted by Gasteiger charge is -2.09. The molecule has 0 fully saturated rings. The molecular weight excluding hydrogens is 416 g/mol. The molecule has 0 bridgehead atoms. The monoisotopic (exact) mass is 478 g/mol. The fraction of sp³-hybridized carbons (Fsp3) is 0.938. The largest absolute Gasteiger partial charge is 0.303 e. The van der Waals surface area contributed by atoms with Gasteiger partial charge in [0.25, 0.3) is 0 Å². The van der Waals surface area contributed by atoms with Crippen molar-refractivity contribution in [2.75, 3.05) is 0 Å². The number of Topliss-reactive ketones (excluding diaryl/α,β-unsaturated/α-hetero) is 1. The Hall–Kier alpha value is -0.660. The van der Waals surface area contributed by atoms with Gasteiger partial charge in [-0.1, -0.05) is 168 Å². The van der Waals surface area contributed by atoms with E-state index >= 15 is 0 Å². The first-order valence-corrected chi connectivity index (χ1v) is 15.7. The standard InChI is InChI=1S/C32H62O2/c1-3-5-7-9-11-13-15-17-19-21-23-25-27-29-32(34)31(30-33)28-26-24-22-20-18-16-14-12-10-8-6-4-2/h30-31H,3-29H2,1-2H3. The highest BCUT2D eigenvalue weighted by Gasteiger charge is 2.16. The molecule has 0 aromatic heterocycles. The van der Waals surface area contributed by atoms with Crippen molar-refractivity contribution < 1.29 is 9.59 Å². The Labute approximate surface area is 214 Å². The summed E-state index contributed by atoms with van der Waals surface area (Å²) in [5, 5.41) is 0. The van der Waals surface area contributed by atoms with Crippen LogP contribution in [0.25, 0.3) is 0 Å². The molecule has 0 aromatic rings. The van der Waals surface area contributed by atoms with E-state index in [2.05, 4.69) is 13.8 Å². The summed E-state index contributed by atoms with van der Waals surface area (Å²) in [7, 11) is 0. The van der Waals surface area contributed by atoms with Gasteiger partial charge >= 0.3 is 0 Å². The third kappa shape index (κ3) is 24.5. The van der Waals surface area contributed by atoms with Crippen LogP contribution in [0.4, 0.5) is 0 Å². The van der Waals surface area contributed by atoms with E-state index in [1.165, 1.54) is 141 Å². The summed E-state index contributed by atoms with van der Waals surface area (Å²) in [4.78, 5) is 23.8. The topological polar surface area (TPSA) is 34.1 Å². The van der Waals surface area contributed by atoms with Gasteiger partial charge in [-0.05, 0) is 12.8 Å². The summed E-state index contributed by atoms with van der Waals surface area (Å²) in [5.74, 6) is -0.137. The molecule has 0 saturated carbocycles. The summed E-state index contributed by atoms with van der Waals surface area (Å²) in [6, 6.07) is 0. The smallest absolute Gasteiger partial charge is 0.143 e.